The maximum absolute atomic E-state index is 6.29. The molecule has 24 heavy (non-hydrogen) atoms. The van der Waals surface area contributed by atoms with Crippen LogP contribution in [-0.2, 0) is 10.2 Å². The summed E-state index contributed by atoms with van der Waals surface area (Å²) in [6, 6.07) is 11.6. The fourth-order valence-electron chi connectivity index (χ4n) is 3.91. The van der Waals surface area contributed by atoms with E-state index in [1.807, 2.05) is 11.3 Å². The van der Waals surface area contributed by atoms with Gasteiger partial charge in [0, 0.05) is 28.7 Å². The molecule has 1 unspecified atom stereocenters. The van der Waals surface area contributed by atoms with E-state index in [1.165, 1.54) is 31.9 Å². The summed E-state index contributed by atoms with van der Waals surface area (Å²) < 4.78 is 7.48. The summed E-state index contributed by atoms with van der Waals surface area (Å²) in [6.07, 6.45) is 2.58. The minimum absolute atomic E-state index is 0.161. The molecule has 0 aliphatic carbocycles. The number of thiophene rings is 1. The lowest BCUT2D eigenvalue weighted by molar-refractivity contribution is -0.0378. The van der Waals surface area contributed by atoms with E-state index in [4.69, 9.17) is 4.74 Å². The Balaban J connectivity index is 1.77. The summed E-state index contributed by atoms with van der Waals surface area (Å²) in [5.74, 6) is 0.506. The molecule has 4 rings (SSSR count). The molecule has 2 aliphatic heterocycles. The Bertz CT molecular complexity index is 748. The molecular formula is C20H24BrNOS. The van der Waals surface area contributed by atoms with Crippen LogP contribution in [0.5, 0.6) is 0 Å². The predicted molar refractivity (Wildman–Crippen MR) is 105 cm³/mol. The molecule has 0 amide bonds. The van der Waals surface area contributed by atoms with Crippen LogP contribution in [0.25, 0.3) is 0 Å². The van der Waals surface area contributed by atoms with Gasteiger partial charge in [-0.15, -0.1) is 11.3 Å². The number of benzene rings is 1. The van der Waals surface area contributed by atoms with Crippen molar-refractivity contribution in [1.82, 2.24) is 0 Å². The first-order chi connectivity index (χ1) is 11.4. The summed E-state index contributed by atoms with van der Waals surface area (Å²) >= 11 is 5.44. The van der Waals surface area contributed by atoms with Crippen molar-refractivity contribution in [3.8, 4) is 0 Å². The maximum atomic E-state index is 6.29. The van der Waals surface area contributed by atoms with Gasteiger partial charge in [-0.2, -0.15) is 0 Å². The number of hydrogen-bond acceptors (Lipinski definition) is 3. The number of anilines is 1. The van der Waals surface area contributed by atoms with E-state index in [1.54, 1.807) is 0 Å². The highest BCUT2D eigenvalue weighted by atomic mass is 79.9. The van der Waals surface area contributed by atoms with Gasteiger partial charge in [0.05, 0.1) is 15.9 Å². The quantitative estimate of drug-likeness (QED) is 0.588. The van der Waals surface area contributed by atoms with Gasteiger partial charge in [0.15, 0.2) is 0 Å². The molecule has 1 aromatic heterocycles. The Hall–Kier alpha value is -0.840. The van der Waals surface area contributed by atoms with Crippen molar-refractivity contribution >= 4 is 33.0 Å². The van der Waals surface area contributed by atoms with Crippen molar-refractivity contribution in [1.29, 1.82) is 0 Å². The predicted octanol–water partition coefficient (Wildman–Crippen LogP) is 6.44. The van der Waals surface area contributed by atoms with Gasteiger partial charge in [0.2, 0.25) is 0 Å². The summed E-state index contributed by atoms with van der Waals surface area (Å²) in [5.41, 5.74) is 4.13. The van der Waals surface area contributed by atoms with Crippen LogP contribution in [0.3, 0.4) is 0 Å². The summed E-state index contributed by atoms with van der Waals surface area (Å²) in [5, 5.41) is 3.81. The topological polar surface area (TPSA) is 21.3 Å². The first-order valence-corrected chi connectivity index (χ1v) is 10.3. The van der Waals surface area contributed by atoms with Gasteiger partial charge in [-0.25, -0.2) is 0 Å². The minimum atomic E-state index is 0.161. The Kier molecular flexibility index (Phi) is 4.26. The molecular weight excluding hydrogens is 382 g/mol. The van der Waals surface area contributed by atoms with Crippen molar-refractivity contribution in [3.63, 3.8) is 0 Å². The average Bonchev–Trinajstić information content (AvgIpc) is 2.99. The van der Waals surface area contributed by atoms with Gasteiger partial charge in [0.1, 0.15) is 0 Å². The highest BCUT2D eigenvalue weighted by molar-refractivity contribution is 9.11. The fraction of sp³-hybridized carbons (Fsp3) is 0.500. The Morgan fingerprint density at radius 1 is 1.21 bits per heavy atom. The molecule has 2 aliphatic rings. The molecule has 0 radical (unpaired) electrons. The summed E-state index contributed by atoms with van der Waals surface area (Å²) in [4.78, 5) is 1.40. The number of halogens is 1. The largest absolute Gasteiger partial charge is 0.377 e. The van der Waals surface area contributed by atoms with E-state index in [0.717, 1.165) is 13.0 Å². The van der Waals surface area contributed by atoms with Crippen LogP contribution in [0.15, 0.2) is 34.1 Å². The lowest BCUT2D eigenvalue weighted by Crippen LogP contribution is -2.35. The number of rotatable bonds is 1. The Morgan fingerprint density at radius 2 is 2.04 bits per heavy atom. The minimum Gasteiger partial charge on any atom is -0.377 e. The molecule has 3 heterocycles. The molecule has 0 spiro atoms. The molecule has 0 saturated carbocycles. The first-order valence-electron chi connectivity index (χ1n) is 8.71. The van der Waals surface area contributed by atoms with Crippen molar-refractivity contribution in [2.45, 2.75) is 51.2 Å². The van der Waals surface area contributed by atoms with Crippen LogP contribution in [0.1, 0.15) is 61.8 Å². The van der Waals surface area contributed by atoms with Gasteiger partial charge < -0.3 is 10.1 Å². The first kappa shape index (κ1) is 16.6. The van der Waals surface area contributed by atoms with Crippen LogP contribution < -0.4 is 5.32 Å². The van der Waals surface area contributed by atoms with Gasteiger partial charge in [0.25, 0.3) is 0 Å². The van der Waals surface area contributed by atoms with Crippen LogP contribution >= 0.6 is 27.3 Å². The van der Waals surface area contributed by atoms with Crippen LogP contribution in [-0.4, -0.2) is 6.61 Å². The van der Waals surface area contributed by atoms with E-state index in [9.17, 15) is 0 Å². The molecule has 128 valence electrons. The lowest BCUT2D eigenvalue weighted by atomic mass is 9.77. The van der Waals surface area contributed by atoms with Gasteiger partial charge in [-0.3, -0.25) is 0 Å². The second kappa shape index (κ2) is 6.15. The van der Waals surface area contributed by atoms with Gasteiger partial charge in [-0.05, 0) is 57.9 Å². The zero-order chi connectivity index (χ0) is 16.9. The SMILES string of the molecule is CC(C)(C)c1ccc2c(c1)[C@H]1OCCC[C@H]1C(c1ccc(Br)s1)N2. The van der Waals surface area contributed by atoms with Crippen LogP contribution in [0.4, 0.5) is 5.69 Å². The molecule has 1 saturated heterocycles. The van der Waals surface area contributed by atoms with Crippen molar-refractivity contribution < 1.29 is 4.74 Å². The number of fused-ring (bicyclic) bond motifs is 3. The van der Waals surface area contributed by atoms with E-state index >= 15 is 0 Å². The second-order valence-electron chi connectivity index (χ2n) is 7.91. The second-order valence-corrected chi connectivity index (χ2v) is 10.4. The number of nitrogens with one attached hydrogen (secondary N) is 1. The smallest absolute Gasteiger partial charge is 0.0896 e. The van der Waals surface area contributed by atoms with Crippen molar-refractivity contribution in [2.24, 2.45) is 5.92 Å². The molecule has 1 N–H and O–H groups in total. The van der Waals surface area contributed by atoms with Gasteiger partial charge in [-0.1, -0.05) is 32.9 Å². The Morgan fingerprint density at radius 3 is 2.75 bits per heavy atom. The Labute approximate surface area is 156 Å². The molecule has 1 aromatic carbocycles. The molecule has 2 aromatic rings. The molecule has 0 bridgehead atoms. The number of hydrogen-bond donors (Lipinski definition) is 1. The zero-order valence-electron chi connectivity index (χ0n) is 14.4. The molecule has 2 nitrogen and oxygen atoms in total. The fourth-order valence-corrected chi connectivity index (χ4v) is 5.47. The highest BCUT2D eigenvalue weighted by Gasteiger charge is 2.40. The standard InChI is InChI=1S/C20H24BrNOS/c1-20(2,3)12-6-7-15-14(11-12)19-13(5-4-10-23-19)18(22-15)16-8-9-17(21)24-16/h6-9,11,13,18-19,22H,4-5,10H2,1-3H3/t13-,18?,19-/m0/s1. The zero-order valence-corrected chi connectivity index (χ0v) is 16.8. The van der Waals surface area contributed by atoms with E-state index in [0.29, 0.717) is 12.0 Å². The maximum Gasteiger partial charge on any atom is 0.0896 e. The normalized spacial score (nSPS) is 26.4. The molecule has 3 atom stereocenters. The molecule has 1 fully saturated rings. The van der Waals surface area contributed by atoms with E-state index < -0.39 is 0 Å². The van der Waals surface area contributed by atoms with Crippen LogP contribution in [0, 0.1) is 5.92 Å². The lowest BCUT2D eigenvalue weighted by Gasteiger charge is -2.43. The van der Waals surface area contributed by atoms with Crippen LogP contribution in [0.2, 0.25) is 0 Å². The highest BCUT2D eigenvalue weighted by Crippen LogP contribution is 2.51. The summed E-state index contributed by atoms with van der Waals surface area (Å²) in [6.45, 7) is 7.70. The van der Waals surface area contributed by atoms with E-state index in [-0.39, 0.29) is 11.5 Å². The average molecular weight is 406 g/mol. The van der Waals surface area contributed by atoms with Crippen molar-refractivity contribution in [2.75, 3.05) is 11.9 Å². The van der Waals surface area contributed by atoms with Gasteiger partial charge >= 0.3 is 0 Å². The summed E-state index contributed by atoms with van der Waals surface area (Å²) in [7, 11) is 0. The third-order valence-electron chi connectivity index (χ3n) is 5.23. The van der Waals surface area contributed by atoms with Crippen molar-refractivity contribution in [3.05, 3.63) is 50.1 Å². The third kappa shape index (κ3) is 2.93. The number of ether oxygens (including phenoxy) is 1. The molecule has 4 heteroatoms. The third-order valence-corrected chi connectivity index (χ3v) is 6.94. The monoisotopic (exact) mass is 405 g/mol. The van der Waals surface area contributed by atoms with E-state index in [2.05, 4.69) is 72.3 Å².